The number of phenolic OH excluding ortho intramolecular Hbond substituents is 1. The van der Waals surface area contributed by atoms with E-state index in [0.29, 0.717) is 5.56 Å². The Kier molecular flexibility index (Phi) is 7.08. The van der Waals surface area contributed by atoms with Crippen molar-refractivity contribution in [2.24, 2.45) is 22.7 Å². The molecule has 0 radical (unpaired) electrons. The molecule has 4 N–H and O–H groups in total. The third-order valence-electron chi connectivity index (χ3n) is 9.87. The minimum Gasteiger partial charge on any atom is -0.508 e. The summed E-state index contributed by atoms with van der Waals surface area (Å²) in [5.41, 5.74) is -3.30. The average Bonchev–Trinajstić information content (AvgIpc) is 2.88. The molecule has 2 aromatic carbocycles. The van der Waals surface area contributed by atoms with E-state index in [1.807, 2.05) is 31.2 Å². The highest BCUT2D eigenvalue weighted by Gasteiger charge is 2.72. The first-order chi connectivity index (χ1) is 20.0. The zero-order valence-corrected chi connectivity index (χ0v) is 25.4. The summed E-state index contributed by atoms with van der Waals surface area (Å²) in [7, 11) is 0. The normalized spacial score (nSPS) is 28.5. The molecule has 5 rings (SSSR count). The fraction of sp³-hybridized carbons (Fsp3) is 0.429. The van der Waals surface area contributed by atoms with Crippen LogP contribution in [0.4, 0.5) is 0 Å². The molecule has 43 heavy (non-hydrogen) atoms. The van der Waals surface area contributed by atoms with Gasteiger partial charge in [-0.15, -0.1) is 0 Å². The number of Topliss-reactive ketones (excluding diaryl/α,β-unsaturated/α-hetero) is 4. The van der Waals surface area contributed by atoms with E-state index in [0.717, 1.165) is 18.1 Å². The van der Waals surface area contributed by atoms with Crippen LogP contribution in [0.25, 0.3) is 5.76 Å². The van der Waals surface area contributed by atoms with E-state index in [1.54, 1.807) is 39.8 Å². The Labute approximate surface area is 250 Å². The molecular formula is C35H38O8. The maximum absolute atomic E-state index is 14.4. The van der Waals surface area contributed by atoms with Crippen molar-refractivity contribution in [2.45, 2.75) is 72.8 Å². The number of aliphatic hydroxyl groups excluding tert-OH is 2. The third-order valence-corrected chi connectivity index (χ3v) is 9.87. The highest BCUT2D eigenvalue weighted by atomic mass is 16.3. The molecule has 1 unspecified atom stereocenters. The van der Waals surface area contributed by atoms with E-state index in [4.69, 9.17) is 0 Å². The number of phenols is 1. The Balaban J connectivity index is 1.62. The number of ketones is 4. The van der Waals surface area contributed by atoms with Gasteiger partial charge in [-0.3, -0.25) is 19.2 Å². The van der Waals surface area contributed by atoms with Gasteiger partial charge in [0.05, 0.1) is 5.56 Å². The number of allylic oxidation sites excluding steroid dienone is 1. The van der Waals surface area contributed by atoms with Gasteiger partial charge in [-0.2, -0.15) is 0 Å². The van der Waals surface area contributed by atoms with Gasteiger partial charge in [0.1, 0.15) is 28.6 Å². The molecule has 2 aromatic rings. The summed E-state index contributed by atoms with van der Waals surface area (Å²) in [6.07, 6.45) is 0.272. The molecule has 1 fully saturated rings. The molecule has 8 heteroatoms. The van der Waals surface area contributed by atoms with E-state index in [9.17, 15) is 39.6 Å². The van der Waals surface area contributed by atoms with E-state index < -0.39 is 56.8 Å². The van der Waals surface area contributed by atoms with E-state index in [-0.39, 0.29) is 59.8 Å². The molecule has 0 aliphatic heterocycles. The minimum absolute atomic E-state index is 0.00350. The summed E-state index contributed by atoms with van der Waals surface area (Å²) in [5.74, 6) is -5.78. The van der Waals surface area contributed by atoms with Crippen molar-refractivity contribution < 1.29 is 39.6 Å². The van der Waals surface area contributed by atoms with Crippen molar-refractivity contribution in [1.29, 1.82) is 0 Å². The summed E-state index contributed by atoms with van der Waals surface area (Å²) in [4.78, 5) is 53.4. The molecular weight excluding hydrogens is 548 g/mol. The number of carbonyl (C=O) groups is 4. The summed E-state index contributed by atoms with van der Waals surface area (Å²) in [6, 6.07) is 10.9. The predicted octanol–water partition coefficient (Wildman–Crippen LogP) is 4.85. The Morgan fingerprint density at radius 1 is 0.977 bits per heavy atom. The Hall–Kier alpha value is -4.04. The second kappa shape index (κ2) is 10.0. The number of benzene rings is 2. The number of carbonyl (C=O) groups excluding carboxylic acids is 4. The largest absolute Gasteiger partial charge is 0.508 e. The van der Waals surface area contributed by atoms with Crippen molar-refractivity contribution in [3.8, 4) is 5.75 Å². The van der Waals surface area contributed by atoms with Crippen LogP contribution in [0.3, 0.4) is 0 Å². The molecule has 3 aliphatic rings. The van der Waals surface area contributed by atoms with Crippen LogP contribution in [0.15, 0.2) is 53.3 Å². The monoisotopic (exact) mass is 586 g/mol. The van der Waals surface area contributed by atoms with Crippen LogP contribution in [0.2, 0.25) is 0 Å². The lowest BCUT2D eigenvalue weighted by molar-refractivity contribution is -0.178. The van der Waals surface area contributed by atoms with Crippen LogP contribution >= 0.6 is 0 Å². The van der Waals surface area contributed by atoms with Gasteiger partial charge in [-0.25, -0.2) is 0 Å². The van der Waals surface area contributed by atoms with Gasteiger partial charge in [-0.05, 0) is 43.7 Å². The lowest BCUT2D eigenvalue weighted by Crippen LogP contribution is -2.69. The zero-order valence-electron chi connectivity index (χ0n) is 25.4. The summed E-state index contributed by atoms with van der Waals surface area (Å²) >= 11 is 0. The van der Waals surface area contributed by atoms with Crippen LogP contribution in [0.5, 0.6) is 5.75 Å². The Morgan fingerprint density at radius 2 is 1.60 bits per heavy atom. The van der Waals surface area contributed by atoms with Gasteiger partial charge in [-0.1, -0.05) is 69.7 Å². The molecule has 0 amide bonds. The molecule has 226 valence electrons. The van der Waals surface area contributed by atoms with Crippen LogP contribution in [-0.2, 0) is 38.4 Å². The van der Waals surface area contributed by atoms with Gasteiger partial charge in [0.15, 0.2) is 17.2 Å². The van der Waals surface area contributed by atoms with Gasteiger partial charge in [0.2, 0.25) is 5.78 Å². The highest BCUT2D eigenvalue weighted by molar-refractivity contribution is 6.24. The second-order valence-corrected chi connectivity index (χ2v) is 13.4. The van der Waals surface area contributed by atoms with Crippen LogP contribution < -0.4 is 0 Å². The number of fused-ring (bicyclic) bond motifs is 3. The van der Waals surface area contributed by atoms with E-state index in [2.05, 4.69) is 0 Å². The zero-order chi connectivity index (χ0) is 31.8. The first-order valence-electron chi connectivity index (χ1n) is 14.6. The molecule has 4 atom stereocenters. The average molecular weight is 587 g/mol. The number of aryl methyl sites for hydroxylation is 1. The molecule has 0 spiro atoms. The lowest BCUT2D eigenvalue weighted by atomic mass is 9.43. The predicted molar refractivity (Wildman–Crippen MR) is 159 cm³/mol. The second-order valence-electron chi connectivity index (χ2n) is 13.4. The molecule has 0 aromatic heterocycles. The first kappa shape index (κ1) is 30.4. The maximum Gasteiger partial charge on any atom is 0.203 e. The van der Waals surface area contributed by atoms with Crippen LogP contribution in [0.1, 0.15) is 68.9 Å². The smallest absolute Gasteiger partial charge is 0.203 e. The summed E-state index contributed by atoms with van der Waals surface area (Å²) in [6.45, 7) is 9.91. The van der Waals surface area contributed by atoms with Crippen molar-refractivity contribution in [1.82, 2.24) is 0 Å². The van der Waals surface area contributed by atoms with Gasteiger partial charge in [0, 0.05) is 40.7 Å². The van der Waals surface area contributed by atoms with E-state index >= 15 is 0 Å². The lowest BCUT2D eigenvalue weighted by Gasteiger charge is -2.59. The third kappa shape index (κ3) is 4.29. The molecule has 1 saturated carbocycles. The fourth-order valence-electron chi connectivity index (χ4n) is 8.10. The van der Waals surface area contributed by atoms with Crippen molar-refractivity contribution in [2.75, 3.05) is 0 Å². The summed E-state index contributed by atoms with van der Waals surface area (Å²) < 4.78 is 0. The van der Waals surface area contributed by atoms with Gasteiger partial charge < -0.3 is 20.4 Å². The van der Waals surface area contributed by atoms with E-state index in [1.165, 1.54) is 0 Å². The van der Waals surface area contributed by atoms with Crippen molar-refractivity contribution >= 4 is 28.9 Å². The van der Waals surface area contributed by atoms with Crippen LogP contribution in [0, 0.1) is 29.6 Å². The Bertz CT molecular complexity index is 1660. The van der Waals surface area contributed by atoms with Gasteiger partial charge >= 0.3 is 0 Å². The number of hydrogen-bond donors (Lipinski definition) is 4. The number of hydrogen-bond acceptors (Lipinski definition) is 8. The molecule has 0 heterocycles. The minimum atomic E-state index is -2.66. The standard InChI is InChI=1S/C35H38O8/c1-17(2)26-29(39)24(19(4)36)31(41)35(43)32(42)27-30(40)25-22(15-33(27,5)16-34(26,35)6)12-11-21(28(25)38)14-23(37)13-20-9-7-18(3)8-10-20/h7-12,17,26,38,40-41,43H,13-16H2,1-6H3/t26?,33-,34-,35+/m1/s1. The number of rotatable bonds is 6. The molecule has 3 aliphatic carbocycles. The molecule has 0 bridgehead atoms. The highest BCUT2D eigenvalue weighted by Crippen LogP contribution is 2.65. The SMILES string of the molecule is CC(=O)C1=C(O)[C@]2(O)C(=O)C3=C(O)c4c(ccc(CC(=O)Cc5ccc(C)cc5)c4O)C[C@]3(C)C[C@]2(C)C(C(C)C)C1=O. The number of aromatic hydroxyl groups is 1. The first-order valence-corrected chi connectivity index (χ1v) is 14.6. The summed E-state index contributed by atoms with van der Waals surface area (Å²) in [5, 5.41) is 46.4. The molecule has 8 nitrogen and oxygen atoms in total. The van der Waals surface area contributed by atoms with Crippen molar-refractivity contribution in [3.05, 3.63) is 81.1 Å². The molecule has 0 saturated heterocycles. The van der Waals surface area contributed by atoms with Crippen LogP contribution in [-0.4, -0.2) is 49.2 Å². The quantitative estimate of drug-likeness (QED) is 0.351. The maximum atomic E-state index is 14.4. The Morgan fingerprint density at radius 3 is 2.19 bits per heavy atom. The van der Waals surface area contributed by atoms with Gasteiger partial charge in [0.25, 0.3) is 0 Å². The topological polar surface area (TPSA) is 149 Å². The number of aliphatic hydroxyl groups is 3. The van der Waals surface area contributed by atoms with Crippen molar-refractivity contribution in [3.63, 3.8) is 0 Å². The fourth-order valence-corrected chi connectivity index (χ4v) is 8.10.